The van der Waals surface area contributed by atoms with Crippen LogP contribution in [0.25, 0.3) is 0 Å². The summed E-state index contributed by atoms with van der Waals surface area (Å²) in [4.78, 5) is 12.6. The van der Waals surface area contributed by atoms with Crippen molar-refractivity contribution in [3.05, 3.63) is 59.0 Å². The molecule has 0 fully saturated rings. The van der Waals surface area contributed by atoms with Gasteiger partial charge in [0.2, 0.25) is 0 Å². The summed E-state index contributed by atoms with van der Waals surface area (Å²) in [5.74, 6) is 1.74. The molecule has 0 atom stereocenters. The van der Waals surface area contributed by atoms with Crippen LogP contribution in [0.4, 0.5) is 28.8 Å². The fraction of sp³-hybridized carbons (Fsp3) is 0.0625. The molecule has 0 aliphatic heterocycles. The summed E-state index contributed by atoms with van der Waals surface area (Å²) < 4.78 is 1.01. The van der Waals surface area contributed by atoms with Gasteiger partial charge in [0.05, 0.1) is 0 Å². The summed E-state index contributed by atoms with van der Waals surface area (Å²) in [6.45, 7) is 2.00. The van der Waals surface area contributed by atoms with Crippen molar-refractivity contribution < 1.29 is 0 Å². The number of nitrogens with one attached hydrogen (secondary N) is 2. The Bertz CT molecular complexity index is 819. The minimum Gasteiger partial charge on any atom is -0.393 e. The highest BCUT2D eigenvalue weighted by Gasteiger charge is 2.09. The third kappa shape index (κ3) is 3.75. The molecule has 0 saturated heterocycles. The molecule has 0 saturated carbocycles. The molecule has 2 aromatic heterocycles. The molecule has 116 valence electrons. The maximum Gasteiger partial charge on any atom is 0.160 e. The molecule has 7 heteroatoms. The number of rotatable bonds is 4. The molecule has 0 radical (unpaired) electrons. The van der Waals surface area contributed by atoms with E-state index < -0.39 is 0 Å². The first-order valence-electron chi connectivity index (χ1n) is 6.94. The fourth-order valence-electron chi connectivity index (χ4n) is 1.99. The van der Waals surface area contributed by atoms with E-state index in [1.54, 1.807) is 6.20 Å². The van der Waals surface area contributed by atoms with Crippen LogP contribution in [-0.2, 0) is 0 Å². The van der Waals surface area contributed by atoms with Gasteiger partial charge < -0.3 is 16.4 Å². The fourth-order valence-corrected chi connectivity index (χ4v) is 2.25. The highest BCUT2D eigenvalue weighted by Crippen LogP contribution is 2.28. The Hall–Kier alpha value is -2.67. The summed E-state index contributed by atoms with van der Waals surface area (Å²) >= 11 is 3.40. The van der Waals surface area contributed by atoms with Crippen LogP contribution in [0.2, 0.25) is 0 Å². The van der Waals surface area contributed by atoms with Gasteiger partial charge in [0, 0.05) is 16.4 Å². The number of nitrogen functional groups attached to an aromatic ring is 1. The number of anilines is 5. The molecule has 4 N–H and O–H groups in total. The van der Waals surface area contributed by atoms with Crippen LogP contribution in [0.15, 0.2) is 53.4 Å². The van der Waals surface area contributed by atoms with E-state index in [4.69, 9.17) is 5.73 Å². The summed E-state index contributed by atoms with van der Waals surface area (Å²) in [5.41, 5.74) is 8.58. The van der Waals surface area contributed by atoms with E-state index in [-0.39, 0.29) is 0 Å². The van der Waals surface area contributed by atoms with E-state index in [0.29, 0.717) is 23.1 Å². The summed E-state index contributed by atoms with van der Waals surface area (Å²) in [6, 6.07) is 11.6. The number of hydrogen-bond donors (Lipinski definition) is 3. The number of benzene rings is 1. The van der Waals surface area contributed by atoms with Gasteiger partial charge in [0.15, 0.2) is 11.6 Å². The van der Waals surface area contributed by atoms with Gasteiger partial charge in [-0.25, -0.2) is 15.0 Å². The number of nitrogens with two attached hydrogens (primary N) is 1. The van der Waals surface area contributed by atoms with Crippen molar-refractivity contribution >= 4 is 44.8 Å². The van der Waals surface area contributed by atoms with Crippen molar-refractivity contribution in [3.8, 4) is 0 Å². The molecule has 6 nitrogen and oxygen atoms in total. The van der Waals surface area contributed by atoms with Gasteiger partial charge in [0.1, 0.15) is 17.8 Å². The third-order valence-corrected chi connectivity index (χ3v) is 3.68. The number of aromatic nitrogens is 3. The van der Waals surface area contributed by atoms with Gasteiger partial charge in [-0.2, -0.15) is 0 Å². The van der Waals surface area contributed by atoms with Crippen molar-refractivity contribution in [1.82, 2.24) is 15.0 Å². The maximum atomic E-state index is 6.16. The number of nitrogens with zero attached hydrogens (tertiary/aromatic N) is 3. The van der Waals surface area contributed by atoms with Crippen LogP contribution < -0.4 is 16.4 Å². The zero-order valence-corrected chi connectivity index (χ0v) is 14.0. The van der Waals surface area contributed by atoms with E-state index in [0.717, 1.165) is 15.7 Å². The van der Waals surface area contributed by atoms with Crippen molar-refractivity contribution in [2.24, 2.45) is 0 Å². The largest absolute Gasteiger partial charge is 0.393 e. The van der Waals surface area contributed by atoms with Gasteiger partial charge in [-0.3, -0.25) is 0 Å². The second-order valence-corrected chi connectivity index (χ2v) is 5.88. The zero-order chi connectivity index (χ0) is 16.2. The molecule has 3 rings (SSSR count). The quantitative estimate of drug-likeness (QED) is 0.642. The van der Waals surface area contributed by atoms with Crippen molar-refractivity contribution in [1.29, 1.82) is 0 Å². The predicted octanol–water partition coefficient (Wildman–Crippen LogP) is 4.01. The highest BCUT2D eigenvalue weighted by molar-refractivity contribution is 9.10. The monoisotopic (exact) mass is 370 g/mol. The van der Waals surface area contributed by atoms with Crippen LogP contribution in [0.3, 0.4) is 0 Å². The molecular weight excluding hydrogens is 356 g/mol. The second-order valence-electron chi connectivity index (χ2n) is 4.96. The van der Waals surface area contributed by atoms with E-state index >= 15 is 0 Å². The lowest BCUT2D eigenvalue weighted by atomic mass is 10.3. The maximum absolute atomic E-state index is 6.16. The van der Waals surface area contributed by atoms with Gasteiger partial charge in [-0.05, 0) is 48.9 Å². The van der Waals surface area contributed by atoms with Crippen molar-refractivity contribution in [2.45, 2.75) is 6.92 Å². The first-order chi connectivity index (χ1) is 11.1. The Morgan fingerprint density at radius 1 is 0.957 bits per heavy atom. The average molecular weight is 371 g/mol. The first kappa shape index (κ1) is 15.2. The van der Waals surface area contributed by atoms with Gasteiger partial charge in [0.25, 0.3) is 0 Å². The molecule has 0 aliphatic rings. The number of hydrogen-bond acceptors (Lipinski definition) is 6. The molecule has 0 unspecified atom stereocenters. The Balaban J connectivity index is 1.84. The molecule has 1 aromatic carbocycles. The van der Waals surface area contributed by atoms with E-state index in [1.807, 2.05) is 43.3 Å². The van der Waals surface area contributed by atoms with E-state index in [2.05, 4.69) is 41.5 Å². The molecule has 0 aliphatic carbocycles. The average Bonchev–Trinajstić information content (AvgIpc) is 2.53. The van der Waals surface area contributed by atoms with Gasteiger partial charge in [-0.1, -0.05) is 15.9 Å². The predicted molar refractivity (Wildman–Crippen MR) is 96.1 cm³/mol. The summed E-state index contributed by atoms with van der Waals surface area (Å²) in [7, 11) is 0. The molecule has 0 bridgehead atoms. The lowest BCUT2D eigenvalue weighted by molar-refractivity contribution is 1.16. The summed E-state index contributed by atoms with van der Waals surface area (Å²) in [6.07, 6.45) is 3.19. The van der Waals surface area contributed by atoms with Crippen molar-refractivity contribution in [3.63, 3.8) is 0 Å². The normalized spacial score (nSPS) is 10.3. The molecular formula is C16H15BrN6. The van der Waals surface area contributed by atoms with Crippen LogP contribution >= 0.6 is 15.9 Å². The van der Waals surface area contributed by atoms with Gasteiger partial charge in [-0.15, -0.1) is 0 Å². The van der Waals surface area contributed by atoms with Crippen LogP contribution in [0.1, 0.15) is 5.56 Å². The minimum atomic E-state index is 0.429. The SMILES string of the molecule is Cc1ccnc(Nc2ncnc(Nc3ccc(Br)cc3)c2N)c1. The Morgan fingerprint density at radius 2 is 1.65 bits per heavy atom. The smallest absolute Gasteiger partial charge is 0.160 e. The molecule has 0 amide bonds. The highest BCUT2D eigenvalue weighted by atomic mass is 79.9. The first-order valence-corrected chi connectivity index (χ1v) is 7.74. The Kier molecular flexibility index (Phi) is 4.38. The number of pyridine rings is 1. The lowest BCUT2D eigenvalue weighted by Crippen LogP contribution is -2.05. The molecule has 23 heavy (non-hydrogen) atoms. The summed E-state index contributed by atoms with van der Waals surface area (Å²) in [5, 5.41) is 6.29. The topological polar surface area (TPSA) is 88.8 Å². The van der Waals surface area contributed by atoms with Crippen LogP contribution in [0, 0.1) is 6.92 Å². The van der Waals surface area contributed by atoms with Crippen LogP contribution in [0.5, 0.6) is 0 Å². The molecule has 2 heterocycles. The Labute approximate surface area is 142 Å². The minimum absolute atomic E-state index is 0.429. The van der Waals surface area contributed by atoms with E-state index in [9.17, 15) is 0 Å². The van der Waals surface area contributed by atoms with Crippen LogP contribution in [-0.4, -0.2) is 15.0 Å². The standard InChI is InChI=1S/C16H15BrN6/c1-10-6-7-19-13(8-10)23-16-14(18)15(20-9-21-16)22-12-4-2-11(17)3-5-12/h2-9H,18H2,1H3,(H2,19,20,21,22,23). The molecule has 3 aromatic rings. The lowest BCUT2D eigenvalue weighted by Gasteiger charge is -2.12. The van der Waals surface area contributed by atoms with E-state index in [1.165, 1.54) is 6.33 Å². The van der Waals surface area contributed by atoms with Crippen molar-refractivity contribution in [2.75, 3.05) is 16.4 Å². The number of halogens is 1. The Morgan fingerprint density at radius 3 is 2.35 bits per heavy atom. The van der Waals surface area contributed by atoms with Gasteiger partial charge >= 0.3 is 0 Å². The zero-order valence-electron chi connectivity index (χ0n) is 12.4. The molecule has 0 spiro atoms. The third-order valence-electron chi connectivity index (χ3n) is 3.15. The number of aryl methyl sites for hydroxylation is 1. The second kappa shape index (κ2) is 6.62.